The third-order valence-corrected chi connectivity index (χ3v) is 3.98. The Balaban J connectivity index is 2.08. The fourth-order valence-corrected chi connectivity index (χ4v) is 2.76. The zero-order valence-corrected chi connectivity index (χ0v) is 16.6. The number of oxime groups is 1. The maximum atomic E-state index is 11.9. The van der Waals surface area contributed by atoms with Gasteiger partial charge in [-0.05, 0) is 20.8 Å². The summed E-state index contributed by atoms with van der Waals surface area (Å²) in [6, 6.07) is 0. The van der Waals surface area contributed by atoms with E-state index in [0.29, 0.717) is 12.0 Å². The van der Waals surface area contributed by atoms with Crippen LogP contribution in [0.1, 0.15) is 32.0 Å². The molecular formula is C15H16ClN5O6S. The maximum Gasteiger partial charge on any atom is 0.435 e. The highest BCUT2D eigenvalue weighted by molar-refractivity contribution is 7.20. The predicted octanol–water partition coefficient (Wildman–Crippen LogP) is 2.35. The Morgan fingerprint density at radius 3 is 2.79 bits per heavy atom. The lowest BCUT2D eigenvalue weighted by atomic mass is 10.2. The van der Waals surface area contributed by atoms with E-state index in [4.69, 9.17) is 21.2 Å². The number of aromatic nitrogens is 3. The number of hydrogen-bond acceptors (Lipinski definition) is 9. The molecule has 2 aromatic rings. The van der Waals surface area contributed by atoms with Crippen molar-refractivity contribution in [3.05, 3.63) is 28.0 Å². The highest BCUT2D eigenvalue weighted by Gasteiger charge is 2.22. The van der Waals surface area contributed by atoms with Crippen molar-refractivity contribution in [2.24, 2.45) is 5.16 Å². The van der Waals surface area contributed by atoms with Crippen LogP contribution < -0.4 is 5.32 Å². The van der Waals surface area contributed by atoms with Crippen molar-refractivity contribution in [3.8, 4) is 0 Å². The van der Waals surface area contributed by atoms with Crippen molar-refractivity contribution in [1.82, 2.24) is 14.8 Å². The number of carboxylic acid groups (broad SMARTS) is 1. The Hall–Kier alpha value is -2.99. The van der Waals surface area contributed by atoms with Crippen molar-refractivity contribution < 1.29 is 29.1 Å². The molecule has 0 aliphatic rings. The molecular weight excluding hydrogens is 414 g/mol. The average Bonchev–Trinajstić information content (AvgIpc) is 3.17. The molecule has 0 aromatic carbocycles. The van der Waals surface area contributed by atoms with Crippen LogP contribution in [0.25, 0.3) is 0 Å². The summed E-state index contributed by atoms with van der Waals surface area (Å²) in [5, 5.41) is 19.1. The van der Waals surface area contributed by atoms with Crippen LogP contribution >= 0.6 is 22.9 Å². The molecule has 0 fully saturated rings. The number of carbonyl (C=O) groups excluding carboxylic acids is 2. The number of carboxylic acids is 1. The summed E-state index contributed by atoms with van der Waals surface area (Å²) in [4.78, 5) is 42.7. The van der Waals surface area contributed by atoms with Crippen LogP contribution in [0.4, 0.5) is 9.93 Å². The first-order chi connectivity index (χ1) is 13.1. The number of carbonyl (C=O) groups is 3. The SMILES string of the molecule is CC(C)(C)OC(=O)n1cc(CON=C(C(=O)O)c2nc(NC=O)sc2Cl)cn1. The van der Waals surface area contributed by atoms with Gasteiger partial charge in [0.15, 0.2) is 5.13 Å². The molecule has 28 heavy (non-hydrogen) atoms. The molecule has 2 heterocycles. The Labute approximate surface area is 167 Å². The minimum absolute atomic E-state index is 0.0202. The molecule has 0 bridgehead atoms. The van der Waals surface area contributed by atoms with E-state index in [-0.39, 0.29) is 21.8 Å². The molecule has 150 valence electrons. The second-order valence-corrected chi connectivity index (χ2v) is 7.80. The number of rotatable bonds is 7. The van der Waals surface area contributed by atoms with Gasteiger partial charge in [-0.15, -0.1) is 0 Å². The van der Waals surface area contributed by atoms with E-state index >= 15 is 0 Å². The minimum Gasteiger partial charge on any atom is -0.476 e. The number of halogens is 1. The van der Waals surface area contributed by atoms with Gasteiger partial charge in [0.1, 0.15) is 22.2 Å². The highest BCUT2D eigenvalue weighted by atomic mass is 35.5. The largest absolute Gasteiger partial charge is 0.476 e. The summed E-state index contributed by atoms with van der Waals surface area (Å²) >= 11 is 6.81. The molecule has 0 aliphatic carbocycles. The van der Waals surface area contributed by atoms with Gasteiger partial charge in [0.25, 0.3) is 0 Å². The molecule has 0 saturated heterocycles. The van der Waals surface area contributed by atoms with Gasteiger partial charge in [-0.25, -0.2) is 14.6 Å². The standard InChI is InChI=1S/C15H16ClN5O6S/c1-15(2,3)27-14(25)21-5-8(4-18-21)6-26-20-10(12(23)24)9-11(16)28-13(19-9)17-7-22/h4-5,7H,6H2,1-3H3,(H,23,24)(H,17,19,22). The zero-order chi connectivity index (χ0) is 20.9. The molecule has 0 atom stereocenters. The Morgan fingerprint density at radius 1 is 1.46 bits per heavy atom. The third kappa shape index (κ3) is 5.76. The van der Waals surface area contributed by atoms with Gasteiger partial charge in [0, 0.05) is 11.8 Å². The monoisotopic (exact) mass is 429 g/mol. The van der Waals surface area contributed by atoms with Crippen LogP contribution in [-0.2, 0) is 25.8 Å². The number of nitrogens with zero attached hydrogens (tertiary/aromatic N) is 4. The molecule has 0 spiro atoms. The predicted molar refractivity (Wildman–Crippen MR) is 99.6 cm³/mol. The van der Waals surface area contributed by atoms with Crippen LogP contribution in [0, 0.1) is 0 Å². The molecule has 11 nitrogen and oxygen atoms in total. The quantitative estimate of drug-likeness (QED) is 0.387. The van der Waals surface area contributed by atoms with E-state index in [0.717, 1.165) is 16.0 Å². The van der Waals surface area contributed by atoms with Crippen molar-refractivity contribution in [3.63, 3.8) is 0 Å². The zero-order valence-electron chi connectivity index (χ0n) is 15.0. The topological polar surface area (TPSA) is 145 Å². The van der Waals surface area contributed by atoms with E-state index in [1.165, 1.54) is 12.4 Å². The Kier molecular flexibility index (Phi) is 6.70. The lowest BCUT2D eigenvalue weighted by molar-refractivity contribution is -0.129. The van der Waals surface area contributed by atoms with Gasteiger partial charge in [-0.3, -0.25) is 4.79 Å². The Morgan fingerprint density at radius 2 is 2.18 bits per heavy atom. The first kappa shape index (κ1) is 21.3. The number of aliphatic carboxylic acids is 1. The lowest BCUT2D eigenvalue weighted by Crippen LogP contribution is -2.27. The molecule has 13 heteroatoms. The van der Waals surface area contributed by atoms with Crippen molar-refractivity contribution >= 4 is 52.3 Å². The van der Waals surface area contributed by atoms with Gasteiger partial charge in [0.2, 0.25) is 12.1 Å². The van der Waals surface area contributed by atoms with Gasteiger partial charge in [-0.2, -0.15) is 9.78 Å². The Bertz CT molecular complexity index is 916. The number of anilines is 1. The lowest BCUT2D eigenvalue weighted by Gasteiger charge is -2.18. The van der Waals surface area contributed by atoms with E-state index < -0.39 is 23.4 Å². The number of ether oxygens (including phenoxy) is 1. The van der Waals surface area contributed by atoms with Crippen LogP contribution in [0.5, 0.6) is 0 Å². The fourth-order valence-electron chi connectivity index (χ4n) is 1.76. The molecule has 1 amide bonds. The first-order valence-corrected chi connectivity index (χ1v) is 8.87. The molecule has 2 aromatic heterocycles. The van der Waals surface area contributed by atoms with Crippen molar-refractivity contribution in [2.45, 2.75) is 33.0 Å². The average molecular weight is 430 g/mol. The third-order valence-electron chi connectivity index (χ3n) is 2.80. The fraction of sp³-hybridized carbons (Fsp3) is 0.333. The van der Waals surface area contributed by atoms with E-state index in [2.05, 4.69) is 20.6 Å². The normalized spacial score (nSPS) is 11.8. The van der Waals surface area contributed by atoms with E-state index in [9.17, 15) is 19.5 Å². The van der Waals surface area contributed by atoms with Crippen molar-refractivity contribution in [1.29, 1.82) is 0 Å². The van der Waals surface area contributed by atoms with Crippen LogP contribution in [0.15, 0.2) is 17.5 Å². The first-order valence-electron chi connectivity index (χ1n) is 7.67. The summed E-state index contributed by atoms with van der Waals surface area (Å²) in [5.74, 6) is -1.42. The molecule has 2 N–H and O–H groups in total. The number of amides is 1. The molecule has 0 radical (unpaired) electrons. The minimum atomic E-state index is -1.42. The second-order valence-electron chi connectivity index (χ2n) is 6.20. The highest BCUT2D eigenvalue weighted by Crippen LogP contribution is 2.28. The summed E-state index contributed by atoms with van der Waals surface area (Å²) in [6.45, 7) is 5.00. The summed E-state index contributed by atoms with van der Waals surface area (Å²) < 4.78 is 6.17. The maximum absolute atomic E-state index is 11.9. The number of hydrogen-bond donors (Lipinski definition) is 2. The van der Waals surface area contributed by atoms with E-state index in [1.54, 1.807) is 20.8 Å². The van der Waals surface area contributed by atoms with Crippen LogP contribution in [-0.4, -0.2) is 49.7 Å². The van der Waals surface area contributed by atoms with Gasteiger partial charge in [0.05, 0.1) is 6.20 Å². The molecule has 0 aliphatic heterocycles. The molecule has 0 saturated carbocycles. The smallest absolute Gasteiger partial charge is 0.435 e. The number of nitrogens with one attached hydrogen (secondary N) is 1. The summed E-state index contributed by atoms with van der Waals surface area (Å²) in [5.41, 5.74) is -0.912. The van der Waals surface area contributed by atoms with Crippen LogP contribution in [0.2, 0.25) is 4.34 Å². The molecule has 0 unspecified atom stereocenters. The van der Waals surface area contributed by atoms with Gasteiger partial charge in [-0.1, -0.05) is 28.1 Å². The summed E-state index contributed by atoms with van der Waals surface area (Å²) in [6.07, 6.45) is 2.43. The van der Waals surface area contributed by atoms with Crippen LogP contribution in [0.3, 0.4) is 0 Å². The second kappa shape index (κ2) is 8.80. The van der Waals surface area contributed by atoms with E-state index in [1.807, 2.05) is 0 Å². The van der Waals surface area contributed by atoms with Gasteiger partial charge < -0.3 is 20.0 Å². The van der Waals surface area contributed by atoms with Gasteiger partial charge >= 0.3 is 12.1 Å². The number of thiazole rings is 1. The molecule has 2 rings (SSSR count). The summed E-state index contributed by atoms with van der Waals surface area (Å²) in [7, 11) is 0. The van der Waals surface area contributed by atoms with Crippen molar-refractivity contribution in [2.75, 3.05) is 5.32 Å².